The van der Waals surface area contributed by atoms with E-state index in [0.717, 1.165) is 68.5 Å². The van der Waals surface area contributed by atoms with Crippen LogP contribution in [0.3, 0.4) is 0 Å². The molecule has 1 aliphatic carbocycles. The van der Waals surface area contributed by atoms with E-state index in [1.54, 1.807) is 24.3 Å². The van der Waals surface area contributed by atoms with Crippen LogP contribution in [0.2, 0.25) is 0 Å². The molecule has 3 aliphatic heterocycles. The summed E-state index contributed by atoms with van der Waals surface area (Å²) in [6.07, 6.45) is 1.70. The molecule has 2 atom stereocenters. The number of aromatic nitrogens is 4. The quantitative estimate of drug-likeness (QED) is 0.448. The second-order valence-electron chi connectivity index (χ2n) is 11.3. The van der Waals surface area contributed by atoms with Crippen LogP contribution in [-0.4, -0.2) is 82.9 Å². The molecule has 1 N–H and O–H groups in total. The Kier molecular flexibility index (Phi) is 6.94. The third kappa shape index (κ3) is 5.50. The number of carbonyl (C=O) groups excluding carboxylic acids is 1. The van der Waals surface area contributed by atoms with Crippen molar-refractivity contribution in [1.82, 2.24) is 19.7 Å². The molecule has 1 saturated carbocycles. The predicted molar refractivity (Wildman–Crippen MR) is 144 cm³/mol. The first-order valence-corrected chi connectivity index (χ1v) is 14.3. The highest BCUT2D eigenvalue weighted by molar-refractivity contribution is 5.89. The second kappa shape index (κ2) is 10.7. The zero-order valence-corrected chi connectivity index (χ0v) is 22.8. The minimum atomic E-state index is -4.60. The van der Waals surface area contributed by atoms with Gasteiger partial charge in [-0.3, -0.25) is 5.32 Å². The summed E-state index contributed by atoms with van der Waals surface area (Å²) in [5.74, 6) is 0.806. The van der Waals surface area contributed by atoms with Crippen molar-refractivity contribution >= 4 is 28.6 Å². The average Bonchev–Trinajstić information content (AvgIpc) is 3.70. The molecule has 11 nitrogen and oxygen atoms in total. The van der Waals surface area contributed by atoms with Crippen LogP contribution in [0.5, 0.6) is 0 Å². The Bertz CT molecular complexity index is 1440. The first kappa shape index (κ1) is 27.3. The molecule has 1 spiro atoms. The molecule has 2 bridgehead atoms. The fourth-order valence-corrected chi connectivity index (χ4v) is 6.41. The fourth-order valence-electron chi connectivity index (χ4n) is 6.41. The Morgan fingerprint density at radius 1 is 1.02 bits per heavy atom. The van der Waals surface area contributed by atoms with Crippen LogP contribution in [0.15, 0.2) is 30.5 Å². The summed E-state index contributed by atoms with van der Waals surface area (Å²) in [5.41, 5.74) is 1.71. The lowest BCUT2D eigenvalue weighted by molar-refractivity contribution is -0.181. The molecular weight excluding hydrogens is 557 g/mol. The molecule has 224 valence electrons. The van der Waals surface area contributed by atoms with Gasteiger partial charge >= 0.3 is 12.3 Å². The summed E-state index contributed by atoms with van der Waals surface area (Å²) in [7, 11) is 0. The van der Waals surface area contributed by atoms with Crippen LogP contribution in [0, 0.1) is 0 Å². The number of nitrogens with one attached hydrogen (secondary N) is 1. The number of hydrogen-bond donors (Lipinski definition) is 1. The number of benzene rings is 1. The first-order chi connectivity index (χ1) is 20.2. The fraction of sp³-hybridized carbons (Fsp3) is 0.571. The summed E-state index contributed by atoms with van der Waals surface area (Å²) in [4.78, 5) is 24.0. The number of fused-ring (bicyclic) bond motifs is 3. The monoisotopic (exact) mass is 588 g/mol. The predicted octanol–water partition coefficient (Wildman–Crippen LogP) is 4.83. The number of amides is 1. The zero-order chi connectivity index (χ0) is 28.9. The summed E-state index contributed by atoms with van der Waals surface area (Å²) < 4.78 is 61.2. The molecular formula is C28H31F3N6O5. The number of alkyl halides is 3. The SMILES string of the molecule is O=C(Nc1ccc(-c2nc(N3CC4CCC(C3)O4)c3cnn(C4CCC5(CC4)OCCO5)c3n2)cc1)OCC(F)(F)F. The van der Waals surface area contributed by atoms with Crippen molar-refractivity contribution in [3.8, 4) is 11.4 Å². The van der Waals surface area contributed by atoms with E-state index in [9.17, 15) is 18.0 Å². The maximum atomic E-state index is 12.4. The average molecular weight is 589 g/mol. The summed E-state index contributed by atoms with van der Waals surface area (Å²) in [6, 6.07) is 6.71. The first-order valence-electron chi connectivity index (χ1n) is 14.3. The van der Waals surface area contributed by atoms with Gasteiger partial charge < -0.3 is 23.8 Å². The van der Waals surface area contributed by atoms with Gasteiger partial charge in [-0.05, 0) is 49.9 Å². The van der Waals surface area contributed by atoms with Gasteiger partial charge in [0.1, 0.15) is 5.82 Å². The molecule has 1 aromatic carbocycles. The van der Waals surface area contributed by atoms with Crippen LogP contribution in [0.4, 0.5) is 29.5 Å². The van der Waals surface area contributed by atoms with E-state index in [1.807, 2.05) is 10.9 Å². The molecule has 42 heavy (non-hydrogen) atoms. The number of hydrogen-bond acceptors (Lipinski definition) is 9. The Morgan fingerprint density at radius 2 is 1.71 bits per heavy atom. The van der Waals surface area contributed by atoms with Gasteiger partial charge in [0.2, 0.25) is 0 Å². The van der Waals surface area contributed by atoms with Crippen LogP contribution in [-0.2, 0) is 18.9 Å². The minimum absolute atomic E-state index is 0.131. The number of anilines is 2. The van der Waals surface area contributed by atoms with Crippen LogP contribution in [0.25, 0.3) is 22.4 Å². The number of carbonyl (C=O) groups is 1. The van der Waals surface area contributed by atoms with Crippen LogP contribution >= 0.6 is 0 Å². The maximum Gasteiger partial charge on any atom is 0.422 e. The van der Waals surface area contributed by atoms with E-state index in [2.05, 4.69) is 15.0 Å². The summed E-state index contributed by atoms with van der Waals surface area (Å²) in [6.45, 7) is 1.06. The standard InChI is InChI=1S/C28H31F3N6O5/c29-28(30,31)16-39-26(38)33-18-3-1-17(2-4-18)23-34-24(36-14-20-5-6-21(15-36)42-20)22-13-32-37(25(22)35-23)19-7-9-27(10-8-19)40-11-12-41-27/h1-4,13,19-21H,5-12,14-16H2,(H,33,38). The Balaban J connectivity index is 1.18. The molecule has 5 heterocycles. The molecule has 4 aliphatic rings. The molecule has 3 saturated heterocycles. The Hall–Kier alpha value is -3.49. The smallest absolute Gasteiger partial charge is 0.422 e. The zero-order valence-electron chi connectivity index (χ0n) is 22.8. The van der Waals surface area contributed by atoms with Crippen molar-refractivity contribution in [1.29, 1.82) is 0 Å². The van der Waals surface area contributed by atoms with Gasteiger partial charge in [0.15, 0.2) is 23.9 Å². The summed E-state index contributed by atoms with van der Waals surface area (Å²) in [5, 5.41) is 7.98. The van der Waals surface area contributed by atoms with Crippen molar-refractivity contribution in [2.45, 2.75) is 68.7 Å². The Morgan fingerprint density at radius 3 is 2.38 bits per heavy atom. The van der Waals surface area contributed by atoms with E-state index >= 15 is 0 Å². The van der Waals surface area contributed by atoms with Crippen molar-refractivity contribution in [2.75, 3.05) is 43.1 Å². The van der Waals surface area contributed by atoms with E-state index in [4.69, 9.17) is 29.3 Å². The van der Waals surface area contributed by atoms with Gasteiger partial charge in [-0.25, -0.2) is 19.4 Å². The van der Waals surface area contributed by atoms with Crippen molar-refractivity contribution < 1.29 is 36.9 Å². The topological polar surface area (TPSA) is 113 Å². The second-order valence-corrected chi connectivity index (χ2v) is 11.3. The lowest BCUT2D eigenvalue weighted by Gasteiger charge is -2.35. The highest BCUT2D eigenvalue weighted by atomic mass is 19.4. The molecule has 4 fully saturated rings. The molecule has 2 unspecified atom stereocenters. The van der Waals surface area contributed by atoms with Gasteiger partial charge in [-0.1, -0.05) is 0 Å². The van der Waals surface area contributed by atoms with Crippen molar-refractivity contribution in [3.05, 3.63) is 30.5 Å². The van der Waals surface area contributed by atoms with Gasteiger partial charge in [-0.15, -0.1) is 0 Å². The molecule has 7 rings (SSSR count). The molecule has 2 aromatic heterocycles. The van der Waals surface area contributed by atoms with Gasteiger partial charge in [-0.2, -0.15) is 18.3 Å². The normalized spacial score (nSPS) is 24.0. The number of halogens is 3. The van der Waals surface area contributed by atoms with Crippen molar-refractivity contribution in [3.63, 3.8) is 0 Å². The summed E-state index contributed by atoms with van der Waals surface area (Å²) >= 11 is 0. The van der Waals surface area contributed by atoms with Crippen LogP contribution < -0.4 is 10.2 Å². The molecule has 3 aromatic rings. The number of rotatable bonds is 5. The highest BCUT2D eigenvalue weighted by Gasteiger charge is 2.42. The third-order valence-corrected chi connectivity index (χ3v) is 8.41. The maximum absolute atomic E-state index is 12.4. The Labute approximate surface area is 239 Å². The van der Waals surface area contributed by atoms with E-state index in [-0.39, 0.29) is 23.9 Å². The van der Waals surface area contributed by atoms with Gasteiger partial charge in [0, 0.05) is 37.2 Å². The number of morpholine rings is 1. The minimum Gasteiger partial charge on any atom is -0.440 e. The number of nitrogens with zero attached hydrogens (tertiary/aromatic N) is 5. The van der Waals surface area contributed by atoms with Gasteiger partial charge in [0.05, 0.1) is 43.0 Å². The van der Waals surface area contributed by atoms with Gasteiger partial charge in [0.25, 0.3) is 0 Å². The van der Waals surface area contributed by atoms with Crippen molar-refractivity contribution in [2.24, 2.45) is 0 Å². The highest BCUT2D eigenvalue weighted by Crippen LogP contribution is 2.42. The van der Waals surface area contributed by atoms with Crippen LogP contribution in [0.1, 0.15) is 44.6 Å². The lowest BCUT2D eigenvalue weighted by atomic mass is 9.90. The van der Waals surface area contributed by atoms with E-state index in [1.165, 1.54) is 0 Å². The lowest BCUT2D eigenvalue weighted by Crippen LogP contribution is -2.43. The van der Waals surface area contributed by atoms with E-state index in [0.29, 0.717) is 24.6 Å². The largest absolute Gasteiger partial charge is 0.440 e. The molecule has 0 radical (unpaired) electrons. The molecule has 1 amide bonds. The third-order valence-electron chi connectivity index (χ3n) is 8.41. The number of ether oxygens (including phenoxy) is 4. The van der Waals surface area contributed by atoms with E-state index < -0.39 is 24.7 Å². The molecule has 14 heteroatoms.